The number of nitrogens with zero attached hydrogens (tertiary/aromatic N) is 1. The highest BCUT2D eigenvalue weighted by atomic mass is 32.2. The Morgan fingerprint density at radius 3 is 2.80 bits per heavy atom. The first-order valence-corrected chi connectivity index (χ1v) is 8.43. The number of amidine groups is 1. The van der Waals surface area contributed by atoms with Gasteiger partial charge in [0.15, 0.2) is 0 Å². The van der Waals surface area contributed by atoms with Gasteiger partial charge in [-0.3, -0.25) is 9.71 Å². The molecule has 1 aromatic rings. The molecule has 1 heterocycles. The first-order chi connectivity index (χ1) is 9.67. The molecule has 0 radical (unpaired) electrons. The first kappa shape index (κ1) is 13.6. The van der Waals surface area contributed by atoms with Gasteiger partial charge in [0.25, 0.3) is 10.0 Å². The van der Waals surface area contributed by atoms with Gasteiger partial charge >= 0.3 is 0 Å². The highest BCUT2D eigenvalue weighted by molar-refractivity contribution is 7.90. The molecule has 1 N–H and O–H groups in total. The molecule has 0 aromatic heterocycles. The summed E-state index contributed by atoms with van der Waals surface area (Å²) >= 11 is 0. The Morgan fingerprint density at radius 1 is 1.25 bits per heavy atom. The second-order valence-electron chi connectivity index (χ2n) is 5.11. The molecule has 1 saturated carbocycles. The highest BCUT2D eigenvalue weighted by Gasteiger charge is 2.29. The zero-order valence-electron chi connectivity index (χ0n) is 11.2. The minimum Gasteiger partial charge on any atom is -0.376 e. The van der Waals surface area contributed by atoms with Crippen LogP contribution in [-0.2, 0) is 14.8 Å². The molecule has 1 aliphatic carbocycles. The lowest BCUT2D eigenvalue weighted by Gasteiger charge is -2.09. The number of rotatable bonds is 4. The van der Waals surface area contributed by atoms with E-state index in [4.69, 9.17) is 4.74 Å². The van der Waals surface area contributed by atoms with Crippen LogP contribution in [0.2, 0.25) is 0 Å². The summed E-state index contributed by atoms with van der Waals surface area (Å²) in [4.78, 5) is 4.62. The number of benzene rings is 1. The Balaban J connectivity index is 1.64. The van der Waals surface area contributed by atoms with Crippen LogP contribution in [0.1, 0.15) is 31.2 Å². The van der Waals surface area contributed by atoms with Gasteiger partial charge in [0.05, 0.1) is 24.2 Å². The van der Waals surface area contributed by atoms with Gasteiger partial charge < -0.3 is 4.74 Å². The summed E-state index contributed by atoms with van der Waals surface area (Å²) in [6.07, 6.45) is 5.11. The SMILES string of the molecule is O=S1(=O)NC(=NCCOC2CCCC2)c2ccccc21. The van der Waals surface area contributed by atoms with Gasteiger partial charge in [0, 0.05) is 5.56 Å². The molecular formula is C14H18N2O3S. The fraction of sp³-hybridized carbons (Fsp3) is 0.500. The normalized spacial score (nSPS) is 22.9. The van der Waals surface area contributed by atoms with Crippen molar-refractivity contribution in [1.29, 1.82) is 0 Å². The van der Waals surface area contributed by atoms with E-state index in [1.807, 2.05) is 6.07 Å². The molecule has 5 nitrogen and oxygen atoms in total. The average Bonchev–Trinajstić information content (AvgIpc) is 3.03. The smallest absolute Gasteiger partial charge is 0.263 e. The van der Waals surface area contributed by atoms with Crippen LogP contribution in [0, 0.1) is 0 Å². The molecule has 0 unspecified atom stereocenters. The van der Waals surface area contributed by atoms with Crippen LogP contribution < -0.4 is 4.72 Å². The molecule has 2 aliphatic rings. The fourth-order valence-corrected chi connectivity index (χ4v) is 3.93. The van der Waals surface area contributed by atoms with Crippen LogP contribution in [0.5, 0.6) is 0 Å². The van der Waals surface area contributed by atoms with Crippen molar-refractivity contribution in [2.24, 2.45) is 4.99 Å². The van der Waals surface area contributed by atoms with E-state index in [2.05, 4.69) is 9.71 Å². The summed E-state index contributed by atoms with van der Waals surface area (Å²) in [5.41, 5.74) is 0.647. The Kier molecular flexibility index (Phi) is 3.76. The Morgan fingerprint density at radius 2 is 2.00 bits per heavy atom. The van der Waals surface area contributed by atoms with E-state index in [0.29, 0.717) is 35.6 Å². The maximum Gasteiger partial charge on any atom is 0.263 e. The van der Waals surface area contributed by atoms with E-state index in [1.54, 1.807) is 18.2 Å². The molecule has 1 aliphatic heterocycles. The lowest BCUT2D eigenvalue weighted by Crippen LogP contribution is -2.23. The van der Waals surface area contributed by atoms with Gasteiger partial charge in [-0.1, -0.05) is 25.0 Å². The maximum absolute atomic E-state index is 11.9. The predicted octanol–water partition coefficient (Wildman–Crippen LogP) is 1.68. The Bertz CT molecular complexity index is 619. The van der Waals surface area contributed by atoms with Gasteiger partial charge in [-0.25, -0.2) is 8.42 Å². The lowest BCUT2D eigenvalue weighted by atomic mass is 10.2. The third kappa shape index (κ3) is 2.71. The Labute approximate surface area is 119 Å². The van der Waals surface area contributed by atoms with E-state index in [9.17, 15) is 8.42 Å². The van der Waals surface area contributed by atoms with Crippen molar-refractivity contribution < 1.29 is 13.2 Å². The van der Waals surface area contributed by atoms with Crippen molar-refractivity contribution in [3.05, 3.63) is 29.8 Å². The van der Waals surface area contributed by atoms with Gasteiger partial charge in [-0.2, -0.15) is 0 Å². The van der Waals surface area contributed by atoms with E-state index in [0.717, 1.165) is 12.8 Å². The third-order valence-electron chi connectivity index (χ3n) is 3.68. The van der Waals surface area contributed by atoms with Gasteiger partial charge in [-0.15, -0.1) is 0 Å². The molecule has 6 heteroatoms. The summed E-state index contributed by atoms with van der Waals surface area (Å²) in [7, 11) is -3.43. The minimum atomic E-state index is -3.43. The topological polar surface area (TPSA) is 67.8 Å². The van der Waals surface area contributed by atoms with Crippen LogP contribution in [0.25, 0.3) is 0 Å². The predicted molar refractivity (Wildman–Crippen MR) is 76.4 cm³/mol. The van der Waals surface area contributed by atoms with Crippen LogP contribution in [0.4, 0.5) is 0 Å². The molecular weight excluding hydrogens is 276 g/mol. The van der Waals surface area contributed by atoms with E-state index >= 15 is 0 Å². The summed E-state index contributed by atoms with van der Waals surface area (Å²) < 4.78 is 32.0. The van der Waals surface area contributed by atoms with Crippen molar-refractivity contribution in [3.63, 3.8) is 0 Å². The molecule has 1 fully saturated rings. The van der Waals surface area contributed by atoms with E-state index in [-0.39, 0.29) is 0 Å². The van der Waals surface area contributed by atoms with Gasteiger partial charge in [0.1, 0.15) is 5.84 Å². The number of fused-ring (bicyclic) bond motifs is 1. The number of aliphatic imine (C=N–C) groups is 1. The fourth-order valence-electron chi connectivity index (χ4n) is 2.68. The molecule has 3 rings (SSSR count). The van der Waals surface area contributed by atoms with Crippen LogP contribution >= 0.6 is 0 Å². The van der Waals surface area contributed by atoms with Crippen molar-refractivity contribution in [3.8, 4) is 0 Å². The van der Waals surface area contributed by atoms with Crippen molar-refractivity contribution in [2.45, 2.75) is 36.7 Å². The third-order valence-corrected chi connectivity index (χ3v) is 5.08. The average molecular weight is 294 g/mol. The van der Waals surface area contributed by atoms with Crippen molar-refractivity contribution >= 4 is 15.9 Å². The molecule has 1 aromatic carbocycles. The first-order valence-electron chi connectivity index (χ1n) is 6.95. The van der Waals surface area contributed by atoms with E-state index < -0.39 is 10.0 Å². The second kappa shape index (κ2) is 5.54. The van der Waals surface area contributed by atoms with Crippen LogP contribution in [0.15, 0.2) is 34.2 Å². The molecule has 20 heavy (non-hydrogen) atoms. The van der Waals surface area contributed by atoms with Crippen LogP contribution in [0.3, 0.4) is 0 Å². The largest absolute Gasteiger partial charge is 0.376 e. The molecule has 0 saturated heterocycles. The molecule has 108 valence electrons. The molecule has 0 amide bonds. The number of hydrogen-bond donors (Lipinski definition) is 1. The minimum absolute atomic E-state index is 0.301. The van der Waals surface area contributed by atoms with Crippen LogP contribution in [-0.4, -0.2) is 33.5 Å². The summed E-state index contributed by atoms with van der Waals surface area (Å²) in [5.74, 6) is 0.427. The van der Waals surface area contributed by atoms with Gasteiger partial charge in [-0.05, 0) is 25.0 Å². The summed E-state index contributed by atoms with van der Waals surface area (Å²) in [5, 5.41) is 0. The second-order valence-corrected chi connectivity index (χ2v) is 6.76. The molecule has 0 bridgehead atoms. The van der Waals surface area contributed by atoms with E-state index in [1.165, 1.54) is 12.8 Å². The quantitative estimate of drug-likeness (QED) is 0.859. The molecule has 0 atom stereocenters. The summed E-state index contributed by atoms with van der Waals surface area (Å²) in [6.45, 7) is 1.01. The lowest BCUT2D eigenvalue weighted by molar-refractivity contribution is 0.0643. The summed E-state index contributed by atoms with van der Waals surface area (Å²) in [6, 6.07) is 6.88. The maximum atomic E-state index is 11.9. The number of ether oxygens (including phenoxy) is 1. The van der Waals surface area contributed by atoms with Crippen molar-refractivity contribution in [2.75, 3.05) is 13.2 Å². The number of nitrogens with one attached hydrogen (secondary N) is 1. The number of sulfonamides is 1. The standard InChI is InChI=1S/C14H18N2O3S/c17-20(18)13-8-4-3-7-12(13)14(16-20)15-9-10-19-11-5-1-2-6-11/h3-4,7-8,11H,1-2,5-6,9-10H2,(H,15,16). The number of hydrogen-bond acceptors (Lipinski definition) is 4. The van der Waals surface area contributed by atoms with Gasteiger partial charge in [0.2, 0.25) is 0 Å². The monoisotopic (exact) mass is 294 g/mol. The Hall–Kier alpha value is -1.40. The zero-order chi connectivity index (χ0) is 14.0. The highest BCUT2D eigenvalue weighted by Crippen LogP contribution is 2.22. The zero-order valence-corrected chi connectivity index (χ0v) is 12.0. The molecule has 0 spiro atoms. The van der Waals surface area contributed by atoms with Crippen molar-refractivity contribution in [1.82, 2.24) is 4.72 Å².